The Balaban J connectivity index is 2.86. The van der Waals surface area contributed by atoms with Crippen molar-refractivity contribution in [1.29, 1.82) is 0 Å². The summed E-state index contributed by atoms with van der Waals surface area (Å²) < 4.78 is 0. The van der Waals surface area contributed by atoms with E-state index in [0.717, 1.165) is 12.8 Å². The lowest BCUT2D eigenvalue weighted by molar-refractivity contribution is 0.186. The fourth-order valence-corrected chi connectivity index (χ4v) is 1.77. The molecule has 0 fully saturated rings. The van der Waals surface area contributed by atoms with Gasteiger partial charge in [0.05, 0.1) is 6.61 Å². The second kappa shape index (κ2) is 13.7. The molecule has 15 heavy (non-hydrogen) atoms. The van der Waals surface area contributed by atoms with E-state index >= 15 is 0 Å². The van der Waals surface area contributed by atoms with Crippen LogP contribution in [0.3, 0.4) is 0 Å². The molecule has 0 rings (SSSR count). The normalized spacial score (nSPS) is 11.3. The molecular formula is C14H27O. The fraction of sp³-hybridized carbons (Fsp3) is 0.857. The van der Waals surface area contributed by atoms with Gasteiger partial charge in [0.2, 0.25) is 0 Å². The highest BCUT2D eigenvalue weighted by Gasteiger charge is 1.91. The summed E-state index contributed by atoms with van der Waals surface area (Å²) in [5, 5.41) is 10.2. The molecule has 1 radical (unpaired) electrons. The van der Waals surface area contributed by atoms with Crippen LogP contribution in [0.4, 0.5) is 0 Å². The molecule has 0 aromatic rings. The molecule has 0 aliphatic rings. The van der Waals surface area contributed by atoms with Crippen LogP contribution in [-0.2, 0) is 5.11 Å². The van der Waals surface area contributed by atoms with Gasteiger partial charge in [-0.2, -0.15) is 0 Å². The zero-order valence-electron chi connectivity index (χ0n) is 10.3. The maximum atomic E-state index is 10.2. The average Bonchev–Trinajstić information content (AvgIpc) is 2.26. The monoisotopic (exact) mass is 211 g/mol. The average molecular weight is 211 g/mol. The summed E-state index contributed by atoms with van der Waals surface area (Å²) in [4.78, 5) is 0. The maximum absolute atomic E-state index is 10.2. The van der Waals surface area contributed by atoms with E-state index in [2.05, 4.69) is 19.1 Å². The van der Waals surface area contributed by atoms with E-state index in [0.29, 0.717) is 0 Å². The number of unbranched alkanes of at least 4 members (excludes halogenated alkanes) is 9. The van der Waals surface area contributed by atoms with Gasteiger partial charge in [-0.3, -0.25) is 0 Å². The van der Waals surface area contributed by atoms with Crippen LogP contribution in [0.2, 0.25) is 0 Å². The minimum atomic E-state index is 0.116. The fourth-order valence-electron chi connectivity index (χ4n) is 1.77. The van der Waals surface area contributed by atoms with E-state index in [1.54, 1.807) is 0 Å². The van der Waals surface area contributed by atoms with Gasteiger partial charge in [0.15, 0.2) is 0 Å². The minimum absolute atomic E-state index is 0.116. The molecule has 0 unspecified atom stereocenters. The summed E-state index contributed by atoms with van der Waals surface area (Å²) in [5.74, 6) is 0. The molecule has 0 saturated carbocycles. The van der Waals surface area contributed by atoms with E-state index < -0.39 is 0 Å². The molecule has 0 aliphatic carbocycles. The Hall–Kier alpha value is -0.300. The molecule has 0 atom stereocenters. The largest absolute Gasteiger partial charge is 0.237 e. The van der Waals surface area contributed by atoms with Crippen molar-refractivity contribution >= 4 is 0 Å². The standard InChI is InChI=1S/C14H27O/c1-2-3-4-5-6-7-8-9-10-11-12-13-14-15/h2-3H,4-14H2,1H3. The zero-order chi connectivity index (χ0) is 11.2. The van der Waals surface area contributed by atoms with Gasteiger partial charge in [0.25, 0.3) is 0 Å². The summed E-state index contributed by atoms with van der Waals surface area (Å²) >= 11 is 0. The highest BCUT2D eigenvalue weighted by Crippen LogP contribution is 2.10. The van der Waals surface area contributed by atoms with E-state index in [-0.39, 0.29) is 6.61 Å². The lowest BCUT2D eigenvalue weighted by atomic mass is 10.1. The first-order chi connectivity index (χ1) is 7.41. The van der Waals surface area contributed by atoms with Crippen LogP contribution < -0.4 is 0 Å². The van der Waals surface area contributed by atoms with Gasteiger partial charge in [0.1, 0.15) is 0 Å². The van der Waals surface area contributed by atoms with Gasteiger partial charge in [-0.15, -0.1) is 0 Å². The molecule has 0 aromatic heterocycles. The van der Waals surface area contributed by atoms with Gasteiger partial charge in [-0.05, 0) is 26.2 Å². The number of allylic oxidation sites excluding steroid dienone is 2. The Kier molecular flexibility index (Phi) is 13.4. The van der Waals surface area contributed by atoms with Gasteiger partial charge in [0, 0.05) is 0 Å². The molecule has 1 heteroatoms. The van der Waals surface area contributed by atoms with Crippen molar-refractivity contribution in [2.75, 3.05) is 6.61 Å². The van der Waals surface area contributed by atoms with Crippen molar-refractivity contribution in [1.82, 2.24) is 0 Å². The number of hydrogen-bond acceptors (Lipinski definition) is 0. The predicted molar refractivity (Wildman–Crippen MR) is 66.5 cm³/mol. The van der Waals surface area contributed by atoms with E-state index in [4.69, 9.17) is 0 Å². The first-order valence-electron chi connectivity index (χ1n) is 6.61. The molecule has 0 saturated heterocycles. The third-order valence-corrected chi connectivity index (χ3v) is 2.75. The number of hydrogen-bond donors (Lipinski definition) is 0. The first kappa shape index (κ1) is 14.7. The molecule has 0 aromatic carbocycles. The molecular weight excluding hydrogens is 184 g/mol. The minimum Gasteiger partial charge on any atom is -0.237 e. The molecule has 1 nitrogen and oxygen atoms in total. The molecule has 0 heterocycles. The molecule has 0 spiro atoms. The summed E-state index contributed by atoms with van der Waals surface area (Å²) in [6.07, 6.45) is 17.1. The van der Waals surface area contributed by atoms with Crippen LogP contribution in [0.1, 0.15) is 71.1 Å². The zero-order valence-corrected chi connectivity index (χ0v) is 10.3. The molecule has 0 amide bonds. The predicted octanol–water partition coefficient (Wildman–Crippen LogP) is 4.89. The third kappa shape index (κ3) is 13.7. The van der Waals surface area contributed by atoms with Gasteiger partial charge in [-0.25, -0.2) is 5.11 Å². The Morgan fingerprint density at radius 3 is 1.67 bits per heavy atom. The smallest absolute Gasteiger partial charge is 0.0822 e. The van der Waals surface area contributed by atoms with Gasteiger partial charge < -0.3 is 0 Å². The quantitative estimate of drug-likeness (QED) is 0.342. The number of rotatable bonds is 11. The lowest BCUT2D eigenvalue weighted by Gasteiger charge is -2.00. The molecule has 89 valence electrons. The van der Waals surface area contributed by atoms with Gasteiger partial charge >= 0.3 is 0 Å². The second-order valence-electron chi connectivity index (χ2n) is 4.24. The Morgan fingerprint density at radius 1 is 0.733 bits per heavy atom. The maximum Gasteiger partial charge on any atom is 0.0822 e. The molecule has 0 bridgehead atoms. The Morgan fingerprint density at radius 2 is 1.20 bits per heavy atom. The highest BCUT2D eigenvalue weighted by molar-refractivity contribution is 4.76. The Labute approximate surface area is 95.6 Å². The summed E-state index contributed by atoms with van der Waals surface area (Å²) in [6, 6.07) is 0. The highest BCUT2D eigenvalue weighted by atomic mass is 16.2. The van der Waals surface area contributed by atoms with E-state index in [1.165, 1.54) is 51.4 Å². The lowest BCUT2D eigenvalue weighted by Crippen LogP contribution is -1.83. The Bertz CT molecular complexity index is 129. The van der Waals surface area contributed by atoms with Crippen molar-refractivity contribution in [3.8, 4) is 0 Å². The SMILES string of the molecule is CC=CCCCCCCCCCCC[O]. The van der Waals surface area contributed by atoms with Gasteiger partial charge in [-0.1, -0.05) is 57.1 Å². The van der Waals surface area contributed by atoms with Crippen molar-refractivity contribution in [2.45, 2.75) is 71.1 Å². The first-order valence-corrected chi connectivity index (χ1v) is 6.61. The van der Waals surface area contributed by atoms with Crippen LogP contribution >= 0.6 is 0 Å². The summed E-state index contributed by atoms with van der Waals surface area (Å²) in [6.45, 7) is 2.20. The van der Waals surface area contributed by atoms with Crippen molar-refractivity contribution < 1.29 is 5.11 Å². The molecule has 0 N–H and O–H groups in total. The van der Waals surface area contributed by atoms with Crippen LogP contribution in [-0.4, -0.2) is 6.61 Å². The van der Waals surface area contributed by atoms with Crippen molar-refractivity contribution in [3.63, 3.8) is 0 Å². The van der Waals surface area contributed by atoms with Crippen molar-refractivity contribution in [2.24, 2.45) is 0 Å². The van der Waals surface area contributed by atoms with Crippen LogP contribution in [0, 0.1) is 0 Å². The topological polar surface area (TPSA) is 19.9 Å². The molecule has 0 aliphatic heterocycles. The van der Waals surface area contributed by atoms with Crippen LogP contribution in [0.15, 0.2) is 12.2 Å². The van der Waals surface area contributed by atoms with E-state index in [9.17, 15) is 5.11 Å². The third-order valence-electron chi connectivity index (χ3n) is 2.75. The summed E-state index contributed by atoms with van der Waals surface area (Å²) in [7, 11) is 0. The summed E-state index contributed by atoms with van der Waals surface area (Å²) in [5.41, 5.74) is 0. The van der Waals surface area contributed by atoms with Crippen LogP contribution in [0.5, 0.6) is 0 Å². The van der Waals surface area contributed by atoms with Crippen molar-refractivity contribution in [3.05, 3.63) is 12.2 Å². The van der Waals surface area contributed by atoms with E-state index in [1.807, 2.05) is 0 Å². The van der Waals surface area contributed by atoms with Crippen LogP contribution in [0.25, 0.3) is 0 Å². The second-order valence-corrected chi connectivity index (χ2v) is 4.24.